The number of hydrogen-bond acceptors (Lipinski definition) is 3. The maximum absolute atomic E-state index is 13.1. The van der Waals surface area contributed by atoms with Crippen LogP contribution in [0, 0.1) is 29.1 Å². The van der Waals surface area contributed by atoms with Crippen LogP contribution in [0.25, 0.3) is 0 Å². The number of primary amides is 1. The van der Waals surface area contributed by atoms with E-state index in [4.69, 9.17) is 0 Å². The van der Waals surface area contributed by atoms with E-state index in [1.165, 1.54) is 5.43 Å². The minimum atomic E-state index is -2.33. The van der Waals surface area contributed by atoms with E-state index in [-0.39, 0.29) is 6.21 Å². The first-order valence-corrected chi connectivity index (χ1v) is 4.41. The molecule has 0 spiro atoms. The lowest BCUT2D eigenvalue weighted by molar-refractivity contribution is -0.137. The predicted octanol–water partition coefficient (Wildman–Crippen LogP) is 0.318. The Labute approximate surface area is 101 Å². The second-order valence-corrected chi connectivity index (χ2v) is 3.05. The molecular weight excluding hydrogens is 277 g/mol. The molecule has 0 aliphatic heterocycles. The molecule has 0 aliphatic carbocycles. The van der Waals surface area contributed by atoms with E-state index in [0.29, 0.717) is 0 Å². The molecule has 3 N–H and O–H groups in total. The van der Waals surface area contributed by atoms with Crippen LogP contribution in [-0.4, -0.2) is 18.0 Å². The Morgan fingerprint density at radius 1 is 0.947 bits per heavy atom. The standard InChI is InChI=1S/C9H4F5N3O2/c10-3-2(1-16-17-9(19)8(15)18)4(11)6(13)7(14)5(3)12/h1H,(H2,15,18)(H,17,19). The van der Waals surface area contributed by atoms with Crippen molar-refractivity contribution in [1.82, 2.24) is 5.43 Å². The molecule has 0 saturated heterocycles. The van der Waals surface area contributed by atoms with Gasteiger partial charge >= 0.3 is 11.8 Å². The molecule has 0 atom stereocenters. The summed E-state index contributed by atoms with van der Waals surface area (Å²) in [6, 6.07) is 0. The van der Waals surface area contributed by atoms with Crippen LogP contribution in [0.1, 0.15) is 5.56 Å². The lowest BCUT2D eigenvalue weighted by atomic mass is 10.2. The number of carbonyl (C=O) groups is 2. The van der Waals surface area contributed by atoms with Crippen molar-refractivity contribution in [3.63, 3.8) is 0 Å². The van der Waals surface area contributed by atoms with Crippen LogP contribution in [0.4, 0.5) is 22.0 Å². The van der Waals surface area contributed by atoms with Crippen molar-refractivity contribution in [3.05, 3.63) is 34.6 Å². The summed E-state index contributed by atoms with van der Waals surface area (Å²) in [6.07, 6.45) is 0.150. The summed E-state index contributed by atoms with van der Waals surface area (Å²) in [7, 11) is 0. The van der Waals surface area contributed by atoms with Gasteiger partial charge in [-0.05, 0) is 0 Å². The Balaban J connectivity index is 3.12. The van der Waals surface area contributed by atoms with Gasteiger partial charge in [0.15, 0.2) is 23.3 Å². The molecule has 10 heteroatoms. The Bertz CT molecular complexity index is 559. The molecule has 0 unspecified atom stereocenters. The molecule has 0 radical (unpaired) electrons. The van der Waals surface area contributed by atoms with Crippen LogP contribution in [0.15, 0.2) is 5.10 Å². The van der Waals surface area contributed by atoms with E-state index in [2.05, 4.69) is 10.8 Å². The van der Waals surface area contributed by atoms with Crippen molar-refractivity contribution in [2.24, 2.45) is 10.8 Å². The van der Waals surface area contributed by atoms with Gasteiger partial charge in [0.2, 0.25) is 5.82 Å². The van der Waals surface area contributed by atoms with Crippen molar-refractivity contribution >= 4 is 18.0 Å². The summed E-state index contributed by atoms with van der Waals surface area (Å²) < 4.78 is 64.3. The average Bonchev–Trinajstić information content (AvgIpc) is 2.37. The molecule has 0 aliphatic rings. The Morgan fingerprint density at radius 3 is 1.79 bits per heavy atom. The molecule has 0 heterocycles. The van der Waals surface area contributed by atoms with E-state index >= 15 is 0 Å². The van der Waals surface area contributed by atoms with E-state index in [1.807, 2.05) is 0 Å². The maximum Gasteiger partial charge on any atom is 0.329 e. The molecule has 1 aromatic rings. The molecule has 0 aromatic heterocycles. The second kappa shape index (κ2) is 5.42. The monoisotopic (exact) mass is 281 g/mol. The van der Waals surface area contributed by atoms with Gasteiger partial charge in [-0.3, -0.25) is 9.59 Å². The highest BCUT2D eigenvalue weighted by atomic mass is 19.2. The lowest BCUT2D eigenvalue weighted by Gasteiger charge is -2.03. The Morgan fingerprint density at radius 2 is 1.37 bits per heavy atom. The highest BCUT2D eigenvalue weighted by molar-refractivity contribution is 6.34. The van der Waals surface area contributed by atoms with Crippen LogP contribution in [0.3, 0.4) is 0 Å². The minimum absolute atomic E-state index is 0.150. The van der Waals surface area contributed by atoms with Gasteiger partial charge in [-0.25, -0.2) is 27.4 Å². The highest BCUT2D eigenvalue weighted by Crippen LogP contribution is 2.21. The lowest BCUT2D eigenvalue weighted by Crippen LogP contribution is -2.33. The number of amides is 2. The van der Waals surface area contributed by atoms with Crippen molar-refractivity contribution in [2.75, 3.05) is 0 Å². The van der Waals surface area contributed by atoms with Crippen LogP contribution in [0.2, 0.25) is 0 Å². The summed E-state index contributed by atoms with van der Waals surface area (Å²) in [5.74, 6) is -13.8. The third kappa shape index (κ3) is 2.84. The van der Waals surface area contributed by atoms with Gasteiger partial charge in [0.25, 0.3) is 0 Å². The molecular formula is C9H4F5N3O2. The van der Waals surface area contributed by atoms with E-state index in [1.54, 1.807) is 0 Å². The van der Waals surface area contributed by atoms with Gasteiger partial charge in [0.1, 0.15) is 0 Å². The quantitative estimate of drug-likeness (QED) is 0.204. The highest BCUT2D eigenvalue weighted by Gasteiger charge is 2.24. The fourth-order valence-electron chi connectivity index (χ4n) is 0.946. The zero-order valence-corrected chi connectivity index (χ0v) is 8.81. The van der Waals surface area contributed by atoms with Gasteiger partial charge in [-0.1, -0.05) is 0 Å². The molecule has 0 bridgehead atoms. The number of halogens is 5. The zero-order valence-electron chi connectivity index (χ0n) is 8.81. The molecule has 1 aromatic carbocycles. The normalized spacial score (nSPS) is 10.8. The zero-order chi connectivity index (χ0) is 14.7. The van der Waals surface area contributed by atoms with Gasteiger partial charge in [0, 0.05) is 0 Å². The summed E-state index contributed by atoms with van der Waals surface area (Å²) in [5.41, 5.74) is 4.55. The smallest absolute Gasteiger partial charge is 0.329 e. The summed E-state index contributed by atoms with van der Waals surface area (Å²) in [4.78, 5) is 20.8. The van der Waals surface area contributed by atoms with Crippen LogP contribution < -0.4 is 11.2 Å². The first-order valence-electron chi connectivity index (χ1n) is 4.41. The third-order valence-electron chi connectivity index (χ3n) is 1.83. The fraction of sp³-hybridized carbons (Fsp3) is 0. The number of hydrogen-bond donors (Lipinski definition) is 2. The largest absolute Gasteiger partial charge is 0.361 e. The molecule has 0 saturated carbocycles. The molecule has 0 fully saturated rings. The van der Waals surface area contributed by atoms with Crippen LogP contribution in [0.5, 0.6) is 0 Å². The predicted molar refractivity (Wildman–Crippen MR) is 51.2 cm³/mol. The van der Waals surface area contributed by atoms with Gasteiger partial charge < -0.3 is 5.73 Å². The number of hydrazone groups is 1. The van der Waals surface area contributed by atoms with Crippen molar-refractivity contribution in [3.8, 4) is 0 Å². The van der Waals surface area contributed by atoms with Crippen molar-refractivity contribution in [1.29, 1.82) is 0 Å². The summed E-state index contributed by atoms with van der Waals surface area (Å²) in [5, 5.41) is 2.84. The molecule has 19 heavy (non-hydrogen) atoms. The van der Waals surface area contributed by atoms with Gasteiger partial charge in [0.05, 0.1) is 11.8 Å². The summed E-state index contributed by atoms with van der Waals surface area (Å²) >= 11 is 0. The van der Waals surface area contributed by atoms with Gasteiger partial charge in [-0.15, -0.1) is 0 Å². The van der Waals surface area contributed by atoms with E-state index in [0.717, 1.165) is 0 Å². The minimum Gasteiger partial charge on any atom is -0.361 e. The molecule has 102 valence electrons. The number of carbonyl (C=O) groups excluding carboxylic acids is 2. The SMILES string of the molecule is NC(=O)C(=O)NN=Cc1c(F)c(F)c(F)c(F)c1F. The topological polar surface area (TPSA) is 84.5 Å². The maximum atomic E-state index is 13.1. The average molecular weight is 281 g/mol. The van der Waals surface area contributed by atoms with Crippen molar-refractivity contribution in [2.45, 2.75) is 0 Å². The molecule has 5 nitrogen and oxygen atoms in total. The first-order chi connectivity index (χ1) is 8.77. The van der Waals surface area contributed by atoms with E-state index < -0.39 is 46.5 Å². The van der Waals surface area contributed by atoms with Crippen LogP contribution >= 0.6 is 0 Å². The molecule has 2 amide bonds. The Hall–Kier alpha value is -2.52. The number of nitrogens with one attached hydrogen (secondary N) is 1. The Kier molecular flexibility index (Phi) is 4.14. The van der Waals surface area contributed by atoms with Gasteiger partial charge in [-0.2, -0.15) is 5.10 Å². The van der Waals surface area contributed by atoms with Crippen LogP contribution in [-0.2, 0) is 9.59 Å². The number of benzene rings is 1. The molecule has 1 rings (SSSR count). The fourth-order valence-corrected chi connectivity index (χ4v) is 0.946. The first kappa shape index (κ1) is 14.5. The second-order valence-electron chi connectivity index (χ2n) is 3.05. The third-order valence-corrected chi connectivity index (χ3v) is 1.83. The number of nitrogens with zero attached hydrogens (tertiary/aromatic N) is 1. The number of rotatable bonds is 2. The summed E-state index contributed by atoms with van der Waals surface area (Å²) in [6.45, 7) is 0. The van der Waals surface area contributed by atoms with Crippen molar-refractivity contribution < 1.29 is 31.5 Å². The number of nitrogens with two attached hydrogens (primary N) is 1. The van der Waals surface area contributed by atoms with E-state index in [9.17, 15) is 31.5 Å².